The second-order valence-corrected chi connectivity index (χ2v) is 6.31. The Bertz CT molecular complexity index is 624. The SMILES string of the molecule is CC1CCCCC1Cn1nnnc1-c1cccc(Cl)c1N. The molecule has 0 saturated heterocycles. The van der Waals surface area contributed by atoms with Gasteiger partial charge in [-0.05, 0) is 40.8 Å². The molecule has 2 atom stereocenters. The number of nitrogens with two attached hydrogens (primary N) is 1. The minimum absolute atomic E-state index is 0.534. The molecule has 0 aliphatic heterocycles. The monoisotopic (exact) mass is 305 g/mol. The molecule has 1 heterocycles. The molecule has 1 aromatic carbocycles. The molecule has 0 amide bonds. The Morgan fingerprint density at radius 2 is 2.14 bits per heavy atom. The summed E-state index contributed by atoms with van der Waals surface area (Å²) in [7, 11) is 0. The fourth-order valence-electron chi connectivity index (χ4n) is 3.14. The predicted octanol–water partition coefficient (Wildman–Crippen LogP) is 3.40. The molecule has 0 spiro atoms. The summed E-state index contributed by atoms with van der Waals surface area (Å²) in [6.07, 6.45) is 5.17. The third kappa shape index (κ3) is 2.88. The van der Waals surface area contributed by atoms with Gasteiger partial charge in [0.1, 0.15) is 0 Å². The van der Waals surface area contributed by atoms with Crippen LogP contribution in [0.1, 0.15) is 32.6 Å². The zero-order valence-corrected chi connectivity index (χ0v) is 12.9. The third-order valence-corrected chi connectivity index (χ3v) is 4.85. The molecule has 0 radical (unpaired) electrons. The highest BCUT2D eigenvalue weighted by Gasteiger charge is 2.24. The Morgan fingerprint density at radius 3 is 2.95 bits per heavy atom. The van der Waals surface area contributed by atoms with Crippen molar-refractivity contribution in [2.45, 2.75) is 39.2 Å². The van der Waals surface area contributed by atoms with E-state index >= 15 is 0 Å². The van der Waals surface area contributed by atoms with E-state index in [1.165, 1.54) is 25.7 Å². The number of hydrogen-bond donors (Lipinski definition) is 1. The van der Waals surface area contributed by atoms with E-state index in [1.807, 2.05) is 16.8 Å². The predicted molar refractivity (Wildman–Crippen MR) is 83.8 cm³/mol. The van der Waals surface area contributed by atoms with E-state index in [0.29, 0.717) is 28.4 Å². The Kier molecular flexibility index (Phi) is 4.10. The molecule has 3 rings (SSSR count). The lowest BCUT2D eigenvalue weighted by Crippen LogP contribution is -2.23. The van der Waals surface area contributed by atoms with Crippen LogP contribution in [0, 0.1) is 11.8 Å². The standard InChI is InChI=1S/C15H20ClN5/c1-10-5-2-3-6-11(10)9-21-15(18-19-20-21)12-7-4-8-13(16)14(12)17/h4,7-8,10-11H,2-3,5-6,9,17H2,1H3. The van der Waals surface area contributed by atoms with Gasteiger partial charge in [0.15, 0.2) is 5.82 Å². The number of benzene rings is 1. The van der Waals surface area contributed by atoms with Crippen LogP contribution in [-0.2, 0) is 6.54 Å². The molecule has 21 heavy (non-hydrogen) atoms. The van der Waals surface area contributed by atoms with E-state index < -0.39 is 0 Å². The topological polar surface area (TPSA) is 69.6 Å². The summed E-state index contributed by atoms with van der Waals surface area (Å²) >= 11 is 6.10. The van der Waals surface area contributed by atoms with Crippen LogP contribution < -0.4 is 5.73 Å². The van der Waals surface area contributed by atoms with Gasteiger partial charge >= 0.3 is 0 Å². The maximum absolute atomic E-state index is 6.10. The minimum Gasteiger partial charge on any atom is -0.397 e. The van der Waals surface area contributed by atoms with Crippen molar-refractivity contribution in [1.82, 2.24) is 20.2 Å². The molecule has 5 nitrogen and oxygen atoms in total. The quantitative estimate of drug-likeness (QED) is 0.882. The van der Waals surface area contributed by atoms with Crippen molar-refractivity contribution in [2.24, 2.45) is 11.8 Å². The molecule has 2 aromatic rings. The zero-order chi connectivity index (χ0) is 14.8. The van der Waals surface area contributed by atoms with Crippen molar-refractivity contribution in [2.75, 3.05) is 5.73 Å². The van der Waals surface area contributed by atoms with Gasteiger partial charge < -0.3 is 5.73 Å². The van der Waals surface area contributed by atoms with E-state index in [9.17, 15) is 0 Å². The van der Waals surface area contributed by atoms with E-state index in [-0.39, 0.29) is 0 Å². The summed E-state index contributed by atoms with van der Waals surface area (Å²) in [6, 6.07) is 5.56. The maximum atomic E-state index is 6.10. The lowest BCUT2D eigenvalue weighted by atomic mass is 9.80. The van der Waals surface area contributed by atoms with Crippen LogP contribution in [0.25, 0.3) is 11.4 Å². The van der Waals surface area contributed by atoms with Gasteiger partial charge in [0.25, 0.3) is 0 Å². The highest BCUT2D eigenvalue weighted by molar-refractivity contribution is 6.33. The number of halogens is 1. The summed E-state index contributed by atoms with van der Waals surface area (Å²) in [5.41, 5.74) is 7.40. The first-order valence-corrected chi connectivity index (χ1v) is 7.85. The number of aromatic nitrogens is 4. The number of anilines is 1. The summed E-state index contributed by atoms with van der Waals surface area (Å²) in [4.78, 5) is 0. The zero-order valence-electron chi connectivity index (χ0n) is 12.2. The van der Waals surface area contributed by atoms with Gasteiger partial charge in [0.05, 0.1) is 10.7 Å². The summed E-state index contributed by atoms with van der Waals surface area (Å²) in [5, 5.41) is 12.7. The van der Waals surface area contributed by atoms with Crippen LogP contribution in [0.4, 0.5) is 5.69 Å². The van der Waals surface area contributed by atoms with Gasteiger partial charge in [0, 0.05) is 12.1 Å². The van der Waals surface area contributed by atoms with Gasteiger partial charge in [-0.2, -0.15) is 0 Å². The summed E-state index contributed by atoms with van der Waals surface area (Å²) in [6.45, 7) is 3.16. The van der Waals surface area contributed by atoms with Crippen LogP contribution in [0.5, 0.6) is 0 Å². The first kappa shape index (κ1) is 14.3. The smallest absolute Gasteiger partial charge is 0.184 e. The van der Waals surface area contributed by atoms with Crippen LogP contribution >= 0.6 is 11.6 Å². The molecular weight excluding hydrogens is 286 g/mol. The maximum Gasteiger partial charge on any atom is 0.184 e. The molecule has 2 N–H and O–H groups in total. The number of tetrazole rings is 1. The molecule has 2 unspecified atom stereocenters. The molecule has 0 bridgehead atoms. The van der Waals surface area contributed by atoms with E-state index in [2.05, 4.69) is 22.4 Å². The lowest BCUT2D eigenvalue weighted by molar-refractivity contribution is 0.221. The first-order chi connectivity index (χ1) is 10.2. The van der Waals surface area contributed by atoms with Gasteiger partial charge in [-0.15, -0.1) is 5.10 Å². The van der Waals surface area contributed by atoms with Crippen molar-refractivity contribution < 1.29 is 0 Å². The van der Waals surface area contributed by atoms with Crippen molar-refractivity contribution in [3.8, 4) is 11.4 Å². The third-order valence-electron chi connectivity index (χ3n) is 4.52. The van der Waals surface area contributed by atoms with Crippen LogP contribution in [0.15, 0.2) is 18.2 Å². The van der Waals surface area contributed by atoms with Crippen LogP contribution in [0.2, 0.25) is 5.02 Å². The summed E-state index contributed by atoms with van der Waals surface area (Å²) in [5.74, 6) is 2.04. The second kappa shape index (κ2) is 6.02. The van der Waals surface area contributed by atoms with Crippen LogP contribution in [0.3, 0.4) is 0 Å². The van der Waals surface area contributed by atoms with Gasteiger partial charge in [0.2, 0.25) is 0 Å². The Morgan fingerprint density at radius 1 is 1.33 bits per heavy atom. The van der Waals surface area contributed by atoms with Gasteiger partial charge in [-0.3, -0.25) is 0 Å². The highest BCUT2D eigenvalue weighted by Crippen LogP contribution is 2.33. The van der Waals surface area contributed by atoms with Crippen molar-refractivity contribution in [1.29, 1.82) is 0 Å². The van der Waals surface area contributed by atoms with Crippen molar-refractivity contribution >= 4 is 17.3 Å². The van der Waals surface area contributed by atoms with Crippen molar-refractivity contribution in [3.63, 3.8) is 0 Å². The largest absolute Gasteiger partial charge is 0.397 e. The fourth-order valence-corrected chi connectivity index (χ4v) is 3.31. The fraction of sp³-hybridized carbons (Fsp3) is 0.533. The average Bonchev–Trinajstić information content (AvgIpc) is 2.92. The molecule has 1 saturated carbocycles. The molecule has 1 aliphatic carbocycles. The van der Waals surface area contributed by atoms with Crippen LogP contribution in [-0.4, -0.2) is 20.2 Å². The first-order valence-electron chi connectivity index (χ1n) is 7.47. The average molecular weight is 306 g/mol. The molecule has 1 fully saturated rings. The van der Waals surface area contributed by atoms with E-state index in [0.717, 1.165) is 12.1 Å². The Hall–Kier alpha value is -1.62. The normalized spacial score (nSPS) is 22.4. The van der Waals surface area contributed by atoms with Gasteiger partial charge in [-0.25, -0.2) is 4.68 Å². The number of nitrogen functional groups attached to an aromatic ring is 1. The highest BCUT2D eigenvalue weighted by atomic mass is 35.5. The number of nitrogens with zero attached hydrogens (tertiary/aromatic N) is 4. The Labute approximate surface area is 129 Å². The molecule has 112 valence electrons. The molecular formula is C15H20ClN5. The molecule has 6 heteroatoms. The molecule has 1 aromatic heterocycles. The number of para-hydroxylation sites is 1. The van der Waals surface area contributed by atoms with E-state index in [4.69, 9.17) is 17.3 Å². The number of rotatable bonds is 3. The van der Waals surface area contributed by atoms with E-state index in [1.54, 1.807) is 6.07 Å². The van der Waals surface area contributed by atoms with Crippen molar-refractivity contribution in [3.05, 3.63) is 23.2 Å². The second-order valence-electron chi connectivity index (χ2n) is 5.91. The lowest BCUT2D eigenvalue weighted by Gasteiger charge is -2.28. The van der Waals surface area contributed by atoms with Gasteiger partial charge in [-0.1, -0.05) is 43.9 Å². The molecule has 1 aliphatic rings. The summed E-state index contributed by atoms with van der Waals surface area (Å²) < 4.78 is 1.87. The number of hydrogen-bond acceptors (Lipinski definition) is 4. The Balaban J connectivity index is 1.88. The minimum atomic E-state index is 0.534.